The Balaban J connectivity index is 1.97. The lowest BCUT2D eigenvalue weighted by molar-refractivity contribution is 0.266. The lowest BCUT2D eigenvalue weighted by Gasteiger charge is -2.26. The normalized spacial score (nSPS) is 18.4. The number of aromatic nitrogens is 2. The number of hydrogen-bond acceptors (Lipinski definition) is 4. The highest BCUT2D eigenvalue weighted by Gasteiger charge is 2.25. The van der Waals surface area contributed by atoms with E-state index in [9.17, 15) is 13.9 Å². The number of nitrogens with zero attached hydrogens (tertiary/aromatic N) is 2. The van der Waals surface area contributed by atoms with Crippen molar-refractivity contribution in [2.75, 3.05) is 6.61 Å². The van der Waals surface area contributed by atoms with Crippen molar-refractivity contribution >= 4 is 5.70 Å². The highest BCUT2D eigenvalue weighted by atomic mass is 19.1. The van der Waals surface area contributed by atoms with Crippen LogP contribution >= 0.6 is 0 Å². The minimum absolute atomic E-state index is 0.0166. The Morgan fingerprint density at radius 3 is 2.73 bits per heavy atom. The summed E-state index contributed by atoms with van der Waals surface area (Å²) in [5.74, 6) is -1.47. The van der Waals surface area contributed by atoms with E-state index in [0.29, 0.717) is 18.7 Å². The van der Waals surface area contributed by atoms with E-state index < -0.39 is 11.6 Å². The zero-order chi connectivity index (χ0) is 18.7. The first-order valence-corrected chi connectivity index (χ1v) is 8.55. The van der Waals surface area contributed by atoms with Crippen LogP contribution in [0.1, 0.15) is 36.4 Å². The minimum atomic E-state index is -0.702. The highest BCUT2D eigenvalue weighted by molar-refractivity contribution is 5.67. The maximum Gasteiger partial charge on any atom is 0.135 e. The Kier molecular flexibility index (Phi) is 5.37. The Hall–Kier alpha value is -2.67. The van der Waals surface area contributed by atoms with Gasteiger partial charge in [-0.05, 0) is 49.1 Å². The molecule has 1 heterocycles. The second-order valence-corrected chi connectivity index (χ2v) is 6.32. The molecule has 0 saturated heterocycles. The fourth-order valence-corrected chi connectivity index (χ4v) is 3.44. The van der Waals surface area contributed by atoms with Crippen LogP contribution in [-0.4, -0.2) is 21.5 Å². The molecular formula is C19H22F2N4O. The van der Waals surface area contributed by atoms with Gasteiger partial charge in [-0.15, -0.1) is 0 Å². The SMILES string of the molecule is NC1=C(/C=C(\N)c2c(F)cccc2F)CCCC1c1ccnn1CCO. The number of hydrogen-bond donors (Lipinski definition) is 3. The van der Waals surface area contributed by atoms with Crippen LogP contribution in [0, 0.1) is 11.6 Å². The van der Waals surface area contributed by atoms with E-state index in [4.69, 9.17) is 11.5 Å². The summed E-state index contributed by atoms with van der Waals surface area (Å²) in [5.41, 5.74) is 14.4. The molecule has 5 N–H and O–H groups in total. The van der Waals surface area contributed by atoms with Gasteiger partial charge in [-0.3, -0.25) is 4.68 Å². The molecule has 1 unspecified atom stereocenters. The number of benzene rings is 1. The molecule has 0 amide bonds. The Morgan fingerprint density at radius 2 is 2.04 bits per heavy atom. The van der Waals surface area contributed by atoms with Gasteiger partial charge in [0.15, 0.2) is 0 Å². The summed E-state index contributed by atoms with van der Waals surface area (Å²) in [6.07, 6.45) is 5.64. The number of rotatable bonds is 5. The molecule has 1 aromatic carbocycles. The number of aliphatic hydroxyl groups is 1. The molecular weight excluding hydrogens is 338 g/mol. The molecule has 0 radical (unpaired) electrons. The zero-order valence-corrected chi connectivity index (χ0v) is 14.3. The van der Waals surface area contributed by atoms with Crippen LogP contribution < -0.4 is 11.5 Å². The lowest BCUT2D eigenvalue weighted by atomic mass is 9.84. The molecule has 0 aliphatic heterocycles. The van der Waals surface area contributed by atoms with Crippen molar-refractivity contribution in [2.45, 2.75) is 31.7 Å². The van der Waals surface area contributed by atoms with Crippen LogP contribution in [0.5, 0.6) is 0 Å². The quantitative estimate of drug-likeness (QED) is 0.765. The summed E-state index contributed by atoms with van der Waals surface area (Å²) in [4.78, 5) is 0. The van der Waals surface area contributed by atoms with Crippen LogP contribution in [0.15, 0.2) is 47.8 Å². The van der Waals surface area contributed by atoms with Gasteiger partial charge in [0.2, 0.25) is 0 Å². The van der Waals surface area contributed by atoms with Crippen molar-refractivity contribution in [3.63, 3.8) is 0 Å². The van der Waals surface area contributed by atoms with Gasteiger partial charge in [0.25, 0.3) is 0 Å². The maximum absolute atomic E-state index is 13.9. The molecule has 0 bridgehead atoms. The molecule has 7 heteroatoms. The van der Waals surface area contributed by atoms with Gasteiger partial charge in [0.05, 0.1) is 18.7 Å². The first kappa shape index (κ1) is 18.1. The molecule has 5 nitrogen and oxygen atoms in total. The Morgan fingerprint density at radius 1 is 1.31 bits per heavy atom. The number of nitrogens with two attached hydrogens (primary N) is 2. The molecule has 3 rings (SSSR count). The van der Waals surface area contributed by atoms with Crippen LogP contribution in [-0.2, 0) is 6.54 Å². The second-order valence-electron chi connectivity index (χ2n) is 6.32. The highest BCUT2D eigenvalue weighted by Crippen LogP contribution is 2.36. The molecule has 0 fully saturated rings. The Bertz CT molecular complexity index is 837. The summed E-state index contributed by atoms with van der Waals surface area (Å²) in [6.45, 7) is 0.372. The molecule has 1 aliphatic carbocycles. The smallest absolute Gasteiger partial charge is 0.135 e. The van der Waals surface area contributed by atoms with Crippen LogP contribution in [0.2, 0.25) is 0 Å². The van der Waals surface area contributed by atoms with E-state index in [1.165, 1.54) is 18.2 Å². The van der Waals surface area contributed by atoms with Gasteiger partial charge >= 0.3 is 0 Å². The number of allylic oxidation sites excluding steroid dienone is 3. The molecule has 26 heavy (non-hydrogen) atoms. The third-order valence-corrected chi connectivity index (χ3v) is 4.68. The molecule has 1 atom stereocenters. The number of halogens is 2. The summed E-state index contributed by atoms with van der Waals surface area (Å²) in [5, 5.41) is 13.4. The van der Waals surface area contributed by atoms with E-state index in [0.717, 1.165) is 24.1 Å². The average Bonchev–Trinajstić information content (AvgIpc) is 3.05. The van der Waals surface area contributed by atoms with Gasteiger partial charge in [-0.1, -0.05) is 6.07 Å². The second kappa shape index (κ2) is 7.70. The van der Waals surface area contributed by atoms with E-state index in [1.807, 2.05) is 6.07 Å². The maximum atomic E-state index is 13.9. The topological polar surface area (TPSA) is 90.1 Å². The Labute approximate surface area is 150 Å². The molecule has 2 aromatic rings. The van der Waals surface area contributed by atoms with E-state index in [2.05, 4.69) is 5.10 Å². The van der Waals surface area contributed by atoms with Gasteiger partial charge in [0.1, 0.15) is 11.6 Å². The van der Waals surface area contributed by atoms with Crippen LogP contribution in [0.4, 0.5) is 8.78 Å². The third kappa shape index (κ3) is 3.48. The third-order valence-electron chi connectivity index (χ3n) is 4.68. The fourth-order valence-electron chi connectivity index (χ4n) is 3.44. The fraction of sp³-hybridized carbons (Fsp3) is 0.316. The molecule has 138 valence electrons. The van der Waals surface area contributed by atoms with Crippen molar-refractivity contribution in [2.24, 2.45) is 11.5 Å². The zero-order valence-electron chi connectivity index (χ0n) is 14.3. The predicted octanol–water partition coefficient (Wildman–Crippen LogP) is 2.63. The van der Waals surface area contributed by atoms with Crippen molar-refractivity contribution in [3.05, 3.63) is 70.7 Å². The van der Waals surface area contributed by atoms with Gasteiger partial charge < -0.3 is 16.6 Å². The first-order valence-electron chi connectivity index (χ1n) is 8.55. The van der Waals surface area contributed by atoms with Crippen molar-refractivity contribution < 1.29 is 13.9 Å². The average molecular weight is 360 g/mol. The largest absolute Gasteiger partial charge is 0.401 e. The predicted molar refractivity (Wildman–Crippen MR) is 95.6 cm³/mol. The van der Waals surface area contributed by atoms with Crippen LogP contribution in [0.25, 0.3) is 5.70 Å². The molecule has 0 saturated carbocycles. The van der Waals surface area contributed by atoms with Crippen molar-refractivity contribution in [1.82, 2.24) is 9.78 Å². The van der Waals surface area contributed by atoms with E-state index in [1.54, 1.807) is 17.0 Å². The summed E-state index contributed by atoms with van der Waals surface area (Å²) in [7, 11) is 0. The van der Waals surface area contributed by atoms with E-state index in [-0.39, 0.29) is 23.8 Å². The standard InChI is InChI=1S/C19H22F2N4O/c20-14-5-2-6-15(21)18(14)16(22)11-12-3-1-4-13(19(12)23)17-7-8-24-25(17)9-10-26/h2,5-8,11,13,26H,1,3-4,9-10,22-23H2/b16-11-. The monoisotopic (exact) mass is 360 g/mol. The molecule has 1 aromatic heterocycles. The van der Waals surface area contributed by atoms with Gasteiger partial charge in [-0.2, -0.15) is 5.10 Å². The van der Waals surface area contributed by atoms with Gasteiger partial charge in [0, 0.05) is 29.2 Å². The molecule has 0 spiro atoms. The summed E-state index contributed by atoms with van der Waals surface area (Å²) in [6, 6.07) is 5.52. The summed E-state index contributed by atoms with van der Waals surface area (Å²) >= 11 is 0. The first-order chi connectivity index (χ1) is 12.5. The summed E-state index contributed by atoms with van der Waals surface area (Å²) < 4.78 is 29.6. The van der Waals surface area contributed by atoms with E-state index >= 15 is 0 Å². The number of aliphatic hydroxyl groups excluding tert-OH is 1. The van der Waals surface area contributed by atoms with Crippen LogP contribution in [0.3, 0.4) is 0 Å². The van der Waals surface area contributed by atoms with Crippen molar-refractivity contribution in [3.8, 4) is 0 Å². The lowest BCUT2D eigenvalue weighted by Crippen LogP contribution is -2.21. The van der Waals surface area contributed by atoms with Gasteiger partial charge in [-0.25, -0.2) is 8.78 Å². The van der Waals surface area contributed by atoms with Crippen molar-refractivity contribution in [1.29, 1.82) is 0 Å². The molecule has 1 aliphatic rings. The minimum Gasteiger partial charge on any atom is -0.401 e.